The fourth-order valence-electron chi connectivity index (χ4n) is 3.44. The van der Waals surface area contributed by atoms with E-state index < -0.39 is 12.1 Å². The predicted octanol–water partition coefficient (Wildman–Crippen LogP) is 6.27. The molecule has 4 aromatic carbocycles. The van der Waals surface area contributed by atoms with Crippen LogP contribution in [0.25, 0.3) is 10.8 Å². The number of benzene rings is 4. The molecule has 7 heteroatoms. The first-order valence-electron chi connectivity index (χ1n) is 9.82. The number of halogens is 2. The van der Waals surface area contributed by atoms with Gasteiger partial charge in [-0.05, 0) is 52.2 Å². The predicted molar refractivity (Wildman–Crippen MR) is 130 cm³/mol. The molecule has 0 aliphatic rings. The van der Waals surface area contributed by atoms with Gasteiger partial charge in [0.1, 0.15) is 5.75 Å². The van der Waals surface area contributed by atoms with E-state index >= 15 is 0 Å². The Bertz CT molecular complexity index is 1270. The lowest BCUT2D eigenvalue weighted by molar-refractivity contribution is 0.239. The van der Waals surface area contributed by atoms with Crippen molar-refractivity contribution in [2.45, 2.75) is 6.04 Å². The van der Waals surface area contributed by atoms with Gasteiger partial charge in [-0.2, -0.15) is 5.10 Å². The van der Waals surface area contributed by atoms with Crippen molar-refractivity contribution in [3.63, 3.8) is 0 Å². The Morgan fingerprint density at radius 3 is 2.25 bits per heavy atom. The number of carbonyl (C=O) groups is 1. The molecule has 0 aliphatic heterocycles. The highest BCUT2D eigenvalue weighted by Crippen LogP contribution is 2.36. The van der Waals surface area contributed by atoms with Crippen LogP contribution < -0.4 is 10.7 Å². The smallest absolute Gasteiger partial charge is 0.335 e. The number of nitrogens with zero attached hydrogens (tertiary/aromatic N) is 1. The number of phenols is 1. The molecule has 5 nitrogen and oxygen atoms in total. The molecule has 2 amide bonds. The molecule has 32 heavy (non-hydrogen) atoms. The second-order valence-corrected chi connectivity index (χ2v) is 7.97. The van der Waals surface area contributed by atoms with Crippen LogP contribution in [-0.2, 0) is 0 Å². The van der Waals surface area contributed by atoms with Crippen molar-refractivity contribution in [1.29, 1.82) is 0 Å². The zero-order valence-electron chi connectivity index (χ0n) is 16.8. The van der Waals surface area contributed by atoms with E-state index in [-0.39, 0.29) is 5.75 Å². The molecular formula is C25H19Cl2N3O2. The largest absolute Gasteiger partial charge is 0.508 e. The van der Waals surface area contributed by atoms with E-state index in [0.29, 0.717) is 15.6 Å². The van der Waals surface area contributed by atoms with Gasteiger partial charge in [0.2, 0.25) is 0 Å². The fourth-order valence-corrected chi connectivity index (χ4v) is 3.69. The van der Waals surface area contributed by atoms with Crippen LogP contribution in [0.2, 0.25) is 10.0 Å². The first-order valence-corrected chi connectivity index (χ1v) is 10.6. The molecule has 0 aliphatic carbocycles. The molecule has 4 rings (SSSR count). The second-order valence-electron chi connectivity index (χ2n) is 7.10. The lowest BCUT2D eigenvalue weighted by Gasteiger charge is -2.22. The molecule has 160 valence electrons. The van der Waals surface area contributed by atoms with E-state index in [0.717, 1.165) is 21.9 Å². The second kappa shape index (κ2) is 9.73. The van der Waals surface area contributed by atoms with Crippen molar-refractivity contribution in [2.75, 3.05) is 0 Å². The topological polar surface area (TPSA) is 73.7 Å². The Balaban J connectivity index is 1.64. The van der Waals surface area contributed by atoms with Crippen molar-refractivity contribution in [3.05, 3.63) is 112 Å². The highest BCUT2D eigenvalue weighted by molar-refractivity contribution is 6.30. The third-order valence-corrected chi connectivity index (χ3v) is 5.47. The molecule has 0 radical (unpaired) electrons. The summed E-state index contributed by atoms with van der Waals surface area (Å²) >= 11 is 11.9. The minimum Gasteiger partial charge on any atom is -0.508 e. The van der Waals surface area contributed by atoms with Crippen molar-refractivity contribution < 1.29 is 9.90 Å². The average Bonchev–Trinajstić information content (AvgIpc) is 2.80. The number of phenolic OH excluding ortho intramolecular Hbond substituents is 1. The van der Waals surface area contributed by atoms with Gasteiger partial charge in [-0.1, -0.05) is 77.8 Å². The molecule has 1 atom stereocenters. The molecule has 0 saturated heterocycles. The van der Waals surface area contributed by atoms with Crippen LogP contribution in [0.3, 0.4) is 0 Å². The first kappa shape index (κ1) is 21.7. The summed E-state index contributed by atoms with van der Waals surface area (Å²) in [6.07, 6.45) is 1.52. The number of rotatable bonds is 5. The minimum absolute atomic E-state index is 0.0774. The van der Waals surface area contributed by atoms with E-state index in [4.69, 9.17) is 23.2 Å². The van der Waals surface area contributed by atoms with Gasteiger partial charge in [0, 0.05) is 15.6 Å². The molecule has 0 fully saturated rings. The van der Waals surface area contributed by atoms with Crippen LogP contribution >= 0.6 is 23.2 Å². The summed E-state index contributed by atoms with van der Waals surface area (Å²) in [7, 11) is 0. The summed E-state index contributed by atoms with van der Waals surface area (Å²) in [6.45, 7) is 0. The fraction of sp³-hybridized carbons (Fsp3) is 0.0400. The molecule has 1 unspecified atom stereocenters. The summed E-state index contributed by atoms with van der Waals surface area (Å²) in [6, 6.07) is 24.1. The summed E-state index contributed by atoms with van der Waals surface area (Å²) in [4.78, 5) is 12.7. The van der Waals surface area contributed by atoms with Gasteiger partial charge in [0.05, 0.1) is 12.3 Å². The summed E-state index contributed by atoms with van der Waals surface area (Å²) in [5.41, 5.74) is 4.61. The number of hydrazone groups is 1. The summed E-state index contributed by atoms with van der Waals surface area (Å²) in [5, 5.41) is 20.6. The maximum Gasteiger partial charge on any atom is 0.335 e. The van der Waals surface area contributed by atoms with Crippen LogP contribution in [0.5, 0.6) is 5.75 Å². The zero-order valence-corrected chi connectivity index (χ0v) is 18.3. The Morgan fingerprint density at radius 2 is 1.53 bits per heavy atom. The maximum absolute atomic E-state index is 12.7. The van der Waals surface area contributed by atoms with Crippen molar-refractivity contribution in [1.82, 2.24) is 10.7 Å². The first-order chi connectivity index (χ1) is 15.5. The van der Waals surface area contributed by atoms with Crippen LogP contribution in [0.1, 0.15) is 22.7 Å². The van der Waals surface area contributed by atoms with Gasteiger partial charge in [-0.3, -0.25) is 0 Å². The number of urea groups is 1. The third kappa shape index (κ3) is 5.02. The molecular weight excluding hydrogens is 445 g/mol. The molecule has 0 spiro atoms. The molecule has 0 aromatic heterocycles. The maximum atomic E-state index is 12.7. The normalized spacial score (nSPS) is 12.1. The van der Waals surface area contributed by atoms with Gasteiger partial charge in [-0.15, -0.1) is 0 Å². The minimum atomic E-state index is -0.635. The molecule has 0 saturated carbocycles. The van der Waals surface area contributed by atoms with Crippen molar-refractivity contribution in [3.8, 4) is 5.75 Å². The highest BCUT2D eigenvalue weighted by atomic mass is 35.5. The van der Waals surface area contributed by atoms with E-state index in [9.17, 15) is 9.90 Å². The number of carbonyl (C=O) groups excluding carboxylic acids is 1. The number of fused-ring (bicyclic) bond motifs is 1. The standard InChI is InChI=1S/C25H19Cl2N3O2/c26-19-10-5-16(6-11-19)15-28-30-25(32)29-24(18-7-12-20(27)13-8-18)23-21-4-2-1-3-17(21)9-14-22(23)31/h1-15,24,31H,(H2,29,30,32)/b28-15+. The number of amides is 2. The third-order valence-electron chi connectivity index (χ3n) is 4.96. The molecule has 0 bridgehead atoms. The Hall–Kier alpha value is -3.54. The number of hydrogen-bond acceptors (Lipinski definition) is 3. The van der Waals surface area contributed by atoms with Crippen LogP contribution in [0.15, 0.2) is 90.0 Å². The van der Waals surface area contributed by atoms with E-state index in [1.54, 1.807) is 42.5 Å². The van der Waals surface area contributed by atoms with Gasteiger partial charge >= 0.3 is 6.03 Å². The highest BCUT2D eigenvalue weighted by Gasteiger charge is 2.22. The van der Waals surface area contributed by atoms with Crippen LogP contribution in [-0.4, -0.2) is 17.4 Å². The van der Waals surface area contributed by atoms with Crippen LogP contribution in [0.4, 0.5) is 4.79 Å². The van der Waals surface area contributed by atoms with Crippen LogP contribution in [0, 0.1) is 0 Å². The Kier molecular flexibility index (Phi) is 6.59. The monoisotopic (exact) mass is 463 g/mol. The van der Waals surface area contributed by atoms with E-state index in [2.05, 4.69) is 15.8 Å². The number of nitrogens with one attached hydrogen (secondary N) is 2. The van der Waals surface area contributed by atoms with E-state index in [1.807, 2.05) is 42.5 Å². The van der Waals surface area contributed by atoms with E-state index in [1.165, 1.54) is 6.21 Å². The van der Waals surface area contributed by atoms with Gasteiger partial charge in [0.15, 0.2) is 0 Å². The lowest BCUT2D eigenvalue weighted by atomic mass is 9.93. The van der Waals surface area contributed by atoms with Crippen molar-refractivity contribution >= 4 is 46.2 Å². The summed E-state index contributed by atoms with van der Waals surface area (Å²) in [5.74, 6) is 0.0774. The molecule has 3 N–H and O–H groups in total. The van der Waals surface area contributed by atoms with Gasteiger partial charge in [-0.25, -0.2) is 10.2 Å². The quantitative estimate of drug-likeness (QED) is 0.240. The van der Waals surface area contributed by atoms with Crippen molar-refractivity contribution in [2.24, 2.45) is 5.10 Å². The number of aromatic hydroxyl groups is 1. The summed E-state index contributed by atoms with van der Waals surface area (Å²) < 4.78 is 0. The number of hydrogen-bond donors (Lipinski definition) is 3. The molecule has 4 aromatic rings. The van der Waals surface area contributed by atoms with Gasteiger partial charge in [0.25, 0.3) is 0 Å². The van der Waals surface area contributed by atoms with Gasteiger partial charge < -0.3 is 10.4 Å². The molecule has 0 heterocycles. The average molecular weight is 464 g/mol. The lowest BCUT2D eigenvalue weighted by Crippen LogP contribution is -2.36. The Labute approximate surface area is 195 Å². The SMILES string of the molecule is O=C(N/N=C/c1ccc(Cl)cc1)NC(c1ccc(Cl)cc1)c1c(O)ccc2ccccc12. The zero-order chi connectivity index (χ0) is 22.5. The Morgan fingerprint density at radius 1 is 0.875 bits per heavy atom.